The maximum absolute atomic E-state index is 4.96. The van der Waals surface area contributed by atoms with E-state index in [4.69, 9.17) is 4.99 Å². The Labute approximate surface area is 130 Å². The first-order chi connectivity index (χ1) is 10.1. The van der Waals surface area contributed by atoms with Crippen LogP contribution >= 0.6 is 0 Å². The smallest absolute Gasteiger partial charge is 0.0642 e. The molecule has 2 nitrogen and oxygen atoms in total. The van der Waals surface area contributed by atoms with Gasteiger partial charge in [0.15, 0.2) is 0 Å². The molecule has 0 radical (unpaired) electrons. The highest BCUT2D eigenvalue weighted by molar-refractivity contribution is 5.90. The van der Waals surface area contributed by atoms with Crippen LogP contribution in [-0.4, -0.2) is 36.8 Å². The SMILES string of the molecule is C=C(CC)/C(=C\C=C(/C)CC)CN=C1CN2CCC1CC2. The van der Waals surface area contributed by atoms with Crippen LogP contribution in [0.5, 0.6) is 0 Å². The zero-order chi connectivity index (χ0) is 15.2. The van der Waals surface area contributed by atoms with Gasteiger partial charge in [-0.25, -0.2) is 0 Å². The van der Waals surface area contributed by atoms with Crippen LogP contribution in [-0.2, 0) is 0 Å². The van der Waals surface area contributed by atoms with Crippen molar-refractivity contribution in [3.63, 3.8) is 0 Å². The highest BCUT2D eigenvalue weighted by Crippen LogP contribution is 2.26. The first kappa shape index (κ1) is 16.2. The Bertz CT molecular complexity index is 460. The molecule has 3 aliphatic heterocycles. The number of hydrogen-bond donors (Lipinski definition) is 0. The average molecular weight is 286 g/mol. The third kappa shape index (κ3) is 4.41. The largest absolute Gasteiger partial charge is 0.298 e. The Morgan fingerprint density at radius 3 is 2.48 bits per heavy atom. The van der Waals surface area contributed by atoms with Crippen LogP contribution < -0.4 is 0 Å². The van der Waals surface area contributed by atoms with E-state index in [1.165, 1.54) is 48.4 Å². The number of rotatable bonds is 6. The molecule has 0 amide bonds. The molecule has 0 aromatic heterocycles. The number of allylic oxidation sites excluding steroid dienone is 3. The minimum absolute atomic E-state index is 0.749. The summed E-state index contributed by atoms with van der Waals surface area (Å²) in [6.45, 7) is 15.2. The highest BCUT2D eigenvalue weighted by Gasteiger charge is 2.30. The quantitative estimate of drug-likeness (QED) is 0.661. The number of hydrogen-bond acceptors (Lipinski definition) is 2. The van der Waals surface area contributed by atoms with Crippen LogP contribution in [0.2, 0.25) is 0 Å². The maximum Gasteiger partial charge on any atom is 0.0642 e. The van der Waals surface area contributed by atoms with E-state index in [2.05, 4.69) is 44.4 Å². The molecule has 2 bridgehead atoms. The maximum atomic E-state index is 4.96. The van der Waals surface area contributed by atoms with Crippen LogP contribution in [0, 0.1) is 5.92 Å². The zero-order valence-electron chi connectivity index (χ0n) is 14.0. The van der Waals surface area contributed by atoms with Crippen molar-refractivity contribution in [1.29, 1.82) is 0 Å². The minimum Gasteiger partial charge on any atom is -0.298 e. The third-order valence-corrected chi connectivity index (χ3v) is 4.90. The lowest BCUT2D eigenvalue weighted by atomic mass is 9.86. The van der Waals surface area contributed by atoms with Gasteiger partial charge < -0.3 is 0 Å². The van der Waals surface area contributed by atoms with Crippen LogP contribution in [0.3, 0.4) is 0 Å². The van der Waals surface area contributed by atoms with Gasteiger partial charge in [0.25, 0.3) is 0 Å². The molecule has 3 heterocycles. The summed E-state index contributed by atoms with van der Waals surface area (Å²) < 4.78 is 0. The fraction of sp³-hybridized carbons (Fsp3) is 0.632. The second-order valence-electron chi connectivity index (χ2n) is 6.37. The van der Waals surface area contributed by atoms with Gasteiger partial charge in [-0.2, -0.15) is 0 Å². The van der Waals surface area contributed by atoms with Crippen molar-refractivity contribution in [3.8, 4) is 0 Å². The lowest BCUT2D eigenvalue weighted by Crippen LogP contribution is -2.48. The summed E-state index contributed by atoms with van der Waals surface area (Å²) in [6, 6.07) is 0. The van der Waals surface area contributed by atoms with Crippen molar-refractivity contribution in [3.05, 3.63) is 35.5 Å². The summed E-state index contributed by atoms with van der Waals surface area (Å²) >= 11 is 0. The van der Waals surface area contributed by atoms with Crippen LogP contribution in [0.25, 0.3) is 0 Å². The summed E-state index contributed by atoms with van der Waals surface area (Å²) in [7, 11) is 0. The molecule has 3 fully saturated rings. The van der Waals surface area contributed by atoms with E-state index < -0.39 is 0 Å². The topological polar surface area (TPSA) is 15.6 Å². The molecule has 0 spiro atoms. The molecule has 0 aromatic rings. The molecular formula is C19H30N2. The molecule has 0 aromatic carbocycles. The molecular weight excluding hydrogens is 256 g/mol. The normalized spacial score (nSPS) is 28.2. The van der Waals surface area contributed by atoms with Gasteiger partial charge in [-0.15, -0.1) is 0 Å². The van der Waals surface area contributed by atoms with E-state index in [1.54, 1.807) is 0 Å². The summed E-state index contributed by atoms with van der Waals surface area (Å²) in [5.74, 6) is 0.749. The standard InChI is InChI=1S/C19H30N2/c1-5-15(3)7-8-18(16(4)6-2)13-20-19-14-21-11-9-17(19)10-12-21/h7-8,17H,4-6,9-14H2,1-3H3/b15-7+,18-8-,20-19?. The van der Waals surface area contributed by atoms with Gasteiger partial charge >= 0.3 is 0 Å². The van der Waals surface area contributed by atoms with E-state index in [0.29, 0.717) is 0 Å². The fourth-order valence-electron chi connectivity index (χ4n) is 3.02. The number of aliphatic imine (C=N–C) groups is 1. The van der Waals surface area contributed by atoms with Crippen LogP contribution in [0.15, 0.2) is 40.4 Å². The summed E-state index contributed by atoms with van der Waals surface area (Å²) in [5.41, 5.74) is 5.36. The van der Waals surface area contributed by atoms with Crippen molar-refractivity contribution < 1.29 is 0 Å². The second kappa shape index (κ2) is 7.74. The average Bonchev–Trinajstić information content (AvgIpc) is 2.55. The van der Waals surface area contributed by atoms with Crippen molar-refractivity contribution in [1.82, 2.24) is 4.90 Å². The molecule has 0 atom stereocenters. The van der Waals surface area contributed by atoms with E-state index in [9.17, 15) is 0 Å². The summed E-state index contributed by atoms with van der Waals surface area (Å²) in [4.78, 5) is 7.50. The molecule has 0 unspecified atom stereocenters. The van der Waals surface area contributed by atoms with Gasteiger partial charge in [0.1, 0.15) is 0 Å². The van der Waals surface area contributed by atoms with E-state index in [-0.39, 0.29) is 0 Å². The van der Waals surface area contributed by atoms with Crippen molar-refractivity contribution >= 4 is 5.71 Å². The predicted molar refractivity (Wildman–Crippen MR) is 93.0 cm³/mol. The number of fused-ring (bicyclic) bond motifs is 3. The molecule has 0 saturated carbocycles. The van der Waals surface area contributed by atoms with E-state index in [1.807, 2.05) is 0 Å². The zero-order valence-corrected chi connectivity index (χ0v) is 14.0. The summed E-state index contributed by atoms with van der Waals surface area (Å²) in [5, 5.41) is 0. The number of piperidine rings is 3. The van der Waals surface area contributed by atoms with Crippen molar-refractivity contribution in [2.45, 2.75) is 46.5 Å². The lowest BCUT2D eigenvalue weighted by molar-refractivity contribution is 0.200. The molecule has 0 aliphatic carbocycles. The van der Waals surface area contributed by atoms with Crippen molar-refractivity contribution in [2.75, 3.05) is 26.2 Å². The molecule has 3 saturated heterocycles. The lowest BCUT2D eigenvalue weighted by Gasteiger charge is -2.40. The van der Waals surface area contributed by atoms with Gasteiger partial charge in [0.2, 0.25) is 0 Å². The Morgan fingerprint density at radius 1 is 1.24 bits per heavy atom. The summed E-state index contributed by atoms with van der Waals surface area (Å²) in [6.07, 6.45) is 9.19. The molecule has 0 N–H and O–H groups in total. The monoisotopic (exact) mass is 286 g/mol. The second-order valence-corrected chi connectivity index (χ2v) is 6.37. The molecule has 116 valence electrons. The number of nitrogens with zero attached hydrogens (tertiary/aromatic N) is 2. The van der Waals surface area contributed by atoms with E-state index in [0.717, 1.165) is 31.8 Å². The predicted octanol–water partition coefficient (Wildman–Crippen LogP) is 4.40. The first-order valence-electron chi connectivity index (χ1n) is 8.44. The minimum atomic E-state index is 0.749. The Hall–Kier alpha value is -1.15. The Kier molecular flexibility index (Phi) is 5.98. The van der Waals surface area contributed by atoms with Crippen molar-refractivity contribution in [2.24, 2.45) is 10.9 Å². The van der Waals surface area contributed by atoms with Crippen LogP contribution in [0.4, 0.5) is 0 Å². The van der Waals surface area contributed by atoms with Crippen LogP contribution in [0.1, 0.15) is 46.5 Å². The molecule has 3 rings (SSSR count). The third-order valence-electron chi connectivity index (χ3n) is 4.90. The first-order valence-corrected chi connectivity index (χ1v) is 8.44. The Balaban J connectivity index is 2.07. The van der Waals surface area contributed by atoms with Gasteiger partial charge in [-0.3, -0.25) is 9.89 Å². The van der Waals surface area contributed by atoms with Gasteiger partial charge in [0, 0.05) is 18.2 Å². The Morgan fingerprint density at radius 2 is 1.95 bits per heavy atom. The molecule has 3 aliphatic rings. The molecule has 21 heavy (non-hydrogen) atoms. The fourth-order valence-corrected chi connectivity index (χ4v) is 3.02. The van der Waals surface area contributed by atoms with Gasteiger partial charge in [-0.1, -0.05) is 43.7 Å². The van der Waals surface area contributed by atoms with Gasteiger partial charge in [-0.05, 0) is 51.3 Å². The van der Waals surface area contributed by atoms with Gasteiger partial charge in [0.05, 0.1) is 6.54 Å². The highest BCUT2D eigenvalue weighted by atomic mass is 15.2. The molecule has 2 heteroatoms. The van der Waals surface area contributed by atoms with E-state index >= 15 is 0 Å².